The van der Waals surface area contributed by atoms with Crippen molar-refractivity contribution >= 4 is 21.8 Å². The second-order valence-corrected chi connectivity index (χ2v) is 6.12. The summed E-state index contributed by atoms with van der Waals surface area (Å²) in [6.07, 6.45) is 1.86. The maximum atomic E-state index is 11.0. The normalized spacial score (nSPS) is 16.9. The van der Waals surface area contributed by atoms with E-state index < -0.39 is 15.6 Å². The lowest BCUT2D eigenvalue weighted by molar-refractivity contribution is 0.0909. The summed E-state index contributed by atoms with van der Waals surface area (Å²) in [4.78, 5) is 0. The molecule has 1 unspecified atom stereocenters. The first kappa shape index (κ1) is 13.2. The summed E-state index contributed by atoms with van der Waals surface area (Å²) >= 11 is 1.48. The van der Waals surface area contributed by atoms with Crippen LogP contribution in [0.3, 0.4) is 0 Å². The molecule has 4 nitrogen and oxygen atoms in total. The van der Waals surface area contributed by atoms with Gasteiger partial charge in [0.15, 0.2) is 0 Å². The lowest BCUT2D eigenvalue weighted by Gasteiger charge is -2.22. The van der Waals surface area contributed by atoms with Crippen LogP contribution in [0.25, 0.3) is 0 Å². The van der Waals surface area contributed by atoms with Crippen LogP contribution in [0.1, 0.15) is 13.8 Å². The highest BCUT2D eigenvalue weighted by Gasteiger charge is 2.21. The van der Waals surface area contributed by atoms with Crippen LogP contribution in [0.5, 0.6) is 0 Å². The molecule has 0 amide bonds. The van der Waals surface area contributed by atoms with E-state index >= 15 is 0 Å². The second kappa shape index (κ2) is 5.19. The summed E-state index contributed by atoms with van der Waals surface area (Å²) in [6.45, 7) is 3.25. The first-order valence-electron chi connectivity index (χ1n) is 4.01. The van der Waals surface area contributed by atoms with Gasteiger partial charge in [0.1, 0.15) is 0 Å². The smallest absolute Gasteiger partial charge is 0.211 e. The van der Waals surface area contributed by atoms with Crippen molar-refractivity contribution in [3.63, 3.8) is 0 Å². The minimum atomic E-state index is -3.19. The van der Waals surface area contributed by atoms with Gasteiger partial charge in [-0.3, -0.25) is 0 Å². The van der Waals surface area contributed by atoms with E-state index in [0.29, 0.717) is 5.75 Å². The van der Waals surface area contributed by atoms with Crippen LogP contribution in [0.4, 0.5) is 0 Å². The predicted octanol–water partition coefficient (Wildman–Crippen LogP) is 0.0397. The quantitative estimate of drug-likeness (QED) is 0.672. The highest BCUT2D eigenvalue weighted by atomic mass is 32.2. The average molecular weight is 227 g/mol. The molecule has 1 atom stereocenters. The largest absolute Gasteiger partial charge is 0.388 e. The number of rotatable bonds is 6. The molecule has 0 aliphatic carbocycles. The molecule has 6 heteroatoms. The summed E-state index contributed by atoms with van der Waals surface area (Å²) in [5.41, 5.74) is -0.971. The molecule has 0 bridgehead atoms. The molecule has 0 rings (SSSR count). The van der Waals surface area contributed by atoms with Crippen molar-refractivity contribution < 1.29 is 13.5 Å². The van der Waals surface area contributed by atoms with Gasteiger partial charge in [-0.25, -0.2) is 13.1 Å². The van der Waals surface area contributed by atoms with Gasteiger partial charge in [0.25, 0.3) is 0 Å². The van der Waals surface area contributed by atoms with E-state index in [-0.39, 0.29) is 12.3 Å². The Morgan fingerprint density at radius 1 is 1.54 bits per heavy atom. The molecule has 0 saturated carbocycles. The molecule has 2 N–H and O–H groups in total. The zero-order chi connectivity index (χ0) is 10.5. The molecule has 0 aliphatic heterocycles. The fraction of sp³-hybridized carbons (Fsp3) is 1.00. The molecule has 13 heavy (non-hydrogen) atoms. The Bertz CT molecular complexity index is 236. The van der Waals surface area contributed by atoms with Gasteiger partial charge in [-0.05, 0) is 20.1 Å². The van der Waals surface area contributed by atoms with Crippen LogP contribution in [0, 0.1) is 0 Å². The van der Waals surface area contributed by atoms with Gasteiger partial charge in [-0.2, -0.15) is 11.8 Å². The summed E-state index contributed by atoms with van der Waals surface area (Å²) in [5.74, 6) is 0.557. The van der Waals surface area contributed by atoms with Gasteiger partial charge < -0.3 is 5.11 Å². The predicted molar refractivity (Wildman–Crippen MR) is 56.5 cm³/mol. The van der Waals surface area contributed by atoms with Crippen LogP contribution in [-0.4, -0.2) is 43.4 Å². The maximum Gasteiger partial charge on any atom is 0.211 e. The summed E-state index contributed by atoms with van der Waals surface area (Å²) in [6, 6.07) is 0. The Labute approximate surface area is 84.2 Å². The number of hydrogen-bond acceptors (Lipinski definition) is 4. The molecule has 0 saturated heterocycles. The molecule has 0 spiro atoms. The van der Waals surface area contributed by atoms with E-state index in [2.05, 4.69) is 4.72 Å². The van der Waals surface area contributed by atoms with Crippen molar-refractivity contribution in [1.29, 1.82) is 0 Å². The van der Waals surface area contributed by atoms with Gasteiger partial charge in [0.2, 0.25) is 10.0 Å². The van der Waals surface area contributed by atoms with E-state index in [1.165, 1.54) is 11.8 Å². The van der Waals surface area contributed by atoms with Gasteiger partial charge in [0, 0.05) is 12.3 Å². The average Bonchev–Trinajstić information content (AvgIpc) is 2.02. The SMILES string of the molecule is CCS(=O)(=O)NCC(C)(O)CSC. The second-order valence-electron chi connectivity index (χ2n) is 3.15. The first-order chi connectivity index (χ1) is 5.83. The van der Waals surface area contributed by atoms with Crippen LogP contribution in [0.2, 0.25) is 0 Å². The number of thioether (sulfide) groups is 1. The molecular formula is C7H17NO3S2. The molecule has 0 fully saturated rings. The van der Waals surface area contributed by atoms with Crippen molar-refractivity contribution in [2.45, 2.75) is 19.4 Å². The van der Waals surface area contributed by atoms with Crippen molar-refractivity contribution in [3.8, 4) is 0 Å². The highest BCUT2D eigenvalue weighted by molar-refractivity contribution is 7.98. The van der Waals surface area contributed by atoms with Crippen LogP contribution >= 0.6 is 11.8 Å². The van der Waals surface area contributed by atoms with Crippen molar-refractivity contribution in [1.82, 2.24) is 4.72 Å². The minimum Gasteiger partial charge on any atom is -0.388 e. The van der Waals surface area contributed by atoms with Crippen molar-refractivity contribution in [2.75, 3.05) is 24.3 Å². The molecule has 0 aromatic heterocycles. The van der Waals surface area contributed by atoms with Gasteiger partial charge in [-0.1, -0.05) is 0 Å². The molecule has 0 aromatic rings. The minimum absolute atomic E-state index is 0.0440. The number of hydrogen-bond donors (Lipinski definition) is 2. The molecule has 0 heterocycles. The Hall–Kier alpha value is 0.220. The zero-order valence-corrected chi connectivity index (χ0v) is 9.83. The van der Waals surface area contributed by atoms with Crippen molar-refractivity contribution in [3.05, 3.63) is 0 Å². The fourth-order valence-electron chi connectivity index (χ4n) is 0.729. The van der Waals surface area contributed by atoms with Crippen LogP contribution in [-0.2, 0) is 10.0 Å². The zero-order valence-electron chi connectivity index (χ0n) is 8.20. The third-order valence-electron chi connectivity index (χ3n) is 1.51. The lowest BCUT2D eigenvalue weighted by Crippen LogP contribution is -2.42. The Balaban J connectivity index is 4.01. The van der Waals surface area contributed by atoms with Crippen LogP contribution in [0.15, 0.2) is 0 Å². The molecule has 80 valence electrons. The summed E-state index contributed by atoms with van der Waals surface area (Å²) < 4.78 is 24.4. The number of aliphatic hydroxyl groups is 1. The van der Waals surface area contributed by atoms with Crippen LogP contribution < -0.4 is 4.72 Å². The maximum absolute atomic E-state index is 11.0. The van der Waals surface area contributed by atoms with E-state index in [1.54, 1.807) is 13.8 Å². The Kier molecular flexibility index (Phi) is 5.28. The topological polar surface area (TPSA) is 66.4 Å². The van der Waals surface area contributed by atoms with E-state index in [4.69, 9.17) is 0 Å². The van der Waals surface area contributed by atoms with Gasteiger partial charge >= 0.3 is 0 Å². The first-order valence-corrected chi connectivity index (χ1v) is 7.06. The Morgan fingerprint density at radius 2 is 2.08 bits per heavy atom. The van der Waals surface area contributed by atoms with Crippen molar-refractivity contribution in [2.24, 2.45) is 0 Å². The summed E-state index contributed by atoms with van der Waals surface area (Å²) in [7, 11) is -3.19. The van der Waals surface area contributed by atoms with Gasteiger partial charge in [-0.15, -0.1) is 0 Å². The number of nitrogens with one attached hydrogen (secondary N) is 1. The fourth-order valence-corrected chi connectivity index (χ4v) is 2.19. The monoisotopic (exact) mass is 227 g/mol. The third kappa shape index (κ3) is 6.31. The van der Waals surface area contributed by atoms with E-state index in [9.17, 15) is 13.5 Å². The highest BCUT2D eigenvalue weighted by Crippen LogP contribution is 2.09. The standard InChI is InChI=1S/C7H17NO3S2/c1-4-13(10,11)8-5-7(2,9)6-12-3/h8-9H,4-6H2,1-3H3. The van der Waals surface area contributed by atoms with Gasteiger partial charge in [0.05, 0.1) is 11.4 Å². The lowest BCUT2D eigenvalue weighted by atomic mass is 10.1. The van der Waals surface area contributed by atoms with E-state index in [1.807, 2.05) is 6.26 Å². The molecule has 0 aromatic carbocycles. The van der Waals surface area contributed by atoms with E-state index in [0.717, 1.165) is 0 Å². The Morgan fingerprint density at radius 3 is 2.46 bits per heavy atom. The third-order valence-corrected chi connectivity index (χ3v) is 3.76. The molecular weight excluding hydrogens is 210 g/mol. The molecule has 0 aliphatic rings. The summed E-state index contributed by atoms with van der Waals surface area (Å²) in [5, 5.41) is 9.63. The molecule has 0 radical (unpaired) electrons. The number of sulfonamides is 1.